The summed E-state index contributed by atoms with van der Waals surface area (Å²) in [7, 11) is 0. The van der Waals surface area contributed by atoms with E-state index in [9.17, 15) is 18.4 Å². The van der Waals surface area contributed by atoms with Crippen LogP contribution >= 0.6 is 15.9 Å². The van der Waals surface area contributed by atoms with E-state index in [1.165, 1.54) is 18.2 Å². The second kappa shape index (κ2) is 9.95. The standard InChI is InChI=1S/C26H23BrF2N4O2/c1-14-4-3-9-33(13-16-5-7-18(28)11-21(16)29)15(2)24(14)32-26(35)20-12-23(25(30)34)31-22-8-6-17(27)10-19(20)22/h4-8,10-12H,3,9,13H2,1-2H3,(H2,30,34)(H,32,35). The normalized spacial score (nSPS) is 14.1. The van der Waals surface area contributed by atoms with Crippen LogP contribution in [0.3, 0.4) is 0 Å². The number of benzene rings is 2. The maximum atomic E-state index is 14.3. The Morgan fingerprint density at radius 2 is 1.91 bits per heavy atom. The van der Waals surface area contributed by atoms with Crippen LogP contribution in [0.2, 0.25) is 0 Å². The Labute approximate surface area is 209 Å². The fourth-order valence-electron chi connectivity index (χ4n) is 4.09. The number of nitrogens with two attached hydrogens (primary N) is 1. The molecule has 0 bridgehead atoms. The third kappa shape index (κ3) is 5.24. The molecule has 35 heavy (non-hydrogen) atoms. The lowest BCUT2D eigenvalue weighted by Crippen LogP contribution is -2.30. The van der Waals surface area contributed by atoms with Crippen LogP contribution in [0.5, 0.6) is 0 Å². The fourth-order valence-corrected chi connectivity index (χ4v) is 4.45. The van der Waals surface area contributed by atoms with E-state index >= 15 is 0 Å². The highest BCUT2D eigenvalue weighted by atomic mass is 79.9. The summed E-state index contributed by atoms with van der Waals surface area (Å²) < 4.78 is 28.4. The molecular weight excluding hydrogens is 518 g/mol. The highest BCUT2D eigenvalue weighted by Gasteiger charge is 2.22. The van der Waals surface area contributed by atoms with Gasteiger partial charge in [0.2, 0.25) is 0 Å². The highest BCUT2D eigenvalue weighted by Crippen LogP contribution is 2.26. The summed E-state index contributed by atoms with van der Waals surface area (Å²) in [4.78, 5) is 31.5. The molecule has 2 amide bonds. The minimum absolute atomic E-state index is 0.0165. The predicted molar refractivity (Wildman–Crippen MR) is 133 cm³/mol. The van der Waals surface area contributed by atoms with Gasteiger partial charge in [0.05, 0.1) is 16.8 Å². The minimum atomic E-state index is -0.739. The van der Waals surface area contributed by atoms with Gasteiger partial charge in [-0.1, -0.05) is 28.1 Å². The number of fused-ring (bicyclic) bond motifs is 1. The molecule has 0 spiro atoms. The molecule has 9 heteroatoms. The highest BCUT2D eigenvalue weighted by molar-refractivity contribution is 9.10. The lowest BCUT2D eigenvalue weighted by atomic mass is 10.1. The molecular formula is C26H23BrF2N4O2. The van der Waals surface area contributed by atoms with Crippen molar-refractivity contribution in [3.63, 3.8) is 0 Å². The van der Waals surface area contributed by atoms with Gasteiger partial charge in [0.25, 0.3) is 11.8 Å². The van der Waals surface area contributed by atoms with Crippen molar-refractivity contribution in [3.8, 4) is 0 Å². The molecule has 3 N–H and O–H groups in total. The number of hydrogen-bond donors (Lipinski definition) is 2. The zero-order valence-corrected chi connectivity index (χ0v) is 20.7. The van der Waals surface area contributed by atoms with Gasteiger partial charge in [-0.25, -0.2) is 13.8 Å². The SMILES string of the molecule is CC1=CCCN(Cc2ccc(F)cc2F)C(C)=C1NC(=O)c1cc(C(N)=O)nc2ccc(Br)cc12. The van der Waals surface area contributed by atoms with Crippen molar-refractivity contribution in [1.82, 2.24) is 15.2 Å². The van der Waals surface area contributed by atoms with Gasteiger partial charge in [-0.05, 0) is 56.2 Å². The van der Waals surface area contributed by atoms with Crippen LogP contribution in [0.1, 0.15) is 46.7 Å². The van der Waals surface area contributed by atoms with Gasteiger partial charge < -0.3 is 16.0 Å². The molecule has 180 valence electrons. The molecule has 0 unspecified atom stereocenters. The Morgan fingerprint density at radius 1 is 1.14 bits per heavy atom. The van der Waals surface area contributed by atoms with E-state index in [0.29, 0.717) is 35.1 Å². The Bertz CT molecular complexity index is 1420. The van der Waals surface area contributed by atoms with Gasteiger partial charge in [-0.3, -0.25) is 9.59 Å². The number of halogens is 3. The molecule has 4 rings (SSSR count). The summed E-state index contributed by atoms with van der Waals surface area (Å²) in [5.41, 5.74) is 8.66. The number of allylic oxidation sites excluding steroid dienone is 2. The molecule has 0 aliphatic carbocycles. The van der Waals surface area contributed by atoms with E-state index < -0.39 is 23.4 Å². The van der Waals surface area contributed by atoms with Crippen LogP contribution < -0.4 is 11.1 Å². The van der Waals surface area contributed by atoms with Crippen molar-refractivity contribution in [2.45, 2.75) is 26.8 Å². The first kappa shape index (κ1) is 24.5. The van der Waals surface area contributed by atoms with Crippen LogP contribution in [-0.2, 0) is 6.54 Å². The van der Waals surface area contributed by atoms with Crippen molar-refractivity contribution in [2.24, 2.45) is 5.73 Å². The van der Waals surface area contributed by atoms with Crippen LogP contribution in [0.4, 0.5) is 8.78 Å². The molecule has 6 nitrogen and oxygen atoms in total. The summed E-state index contributed by atoms with van der Waals surface area (Å²) in [5, 5.41) is 3.53. The van der Waals surface area contributed by atoms with Gasteiger partial charge in [-0.15, -0.1) is 0 Å². The first-order chi connectivity index (χ1) is 16.6. The second-order valence-electron chi connectivity index (χ2n) is 8.33. The fraction of sp³-hybridized carbons (Fsp3) is 0.192. The molecule has 2 aromatic carbocycles. The average molecular weight is 541 g/mol. The van der Waals surface area contributed by atoms with Crippen LogP contribution in [-0.4, -0.2) is 28.2 Å². The van der Waals surface area contributed by atoms with Crippen molar-refractivity contribution < 1.29 is 18.4 Å². The monoisotopic (exact) mass is 540 g/mol. The van der Waals surface area contributed by atoms with E-state index in [-0.39, 0.29) is 17.8 Å². The van der Waals surface area contributed by atoms with Crippen molar-refractivity contribution in [2.75, 3.05) is 6.54 Å². The summed E-state index contributed by atoms with van der Waals surface area (Å²) in [5.74, 6) is -2.43. The van der Waals surface area contributed by atoms with Gasteiger partial charge >= 0.3 is 0 Å². The lowest BCUT2D eigenvalue weighted by molar-refractivity contribution is 0.0966. The molecule has 0 saturated heterocycles. The molecule has 0 saturated carbocycles. The lowest BCUT2D eigenvalue weighted by Gasteiger charge is -2.26. The van der Waals surface area contributed by atoms with E-state index in [0.717, 1.165) is 21.8 Å². The molecule has 0 fully saturated rings. The molecule has 1 aliphatic rings. The van der Waals surface area contributed by atoms with Gasteiger partial charge in [0, 0.05) is 40.3 Å². The number of primary amides is 1. The van der Waals surface area contributed by atoms with Gasteiger partial charge in [0.1, 0.15) is 17.3 Å². The van der Waals surface area contributed by atoms with Crippen LogP contribution in [0.15, 0.2) is 70.0 Å². The number of carbonyl (C=O) groups excluding carboxylic acids is 2. The summed E-state index contributed by atoms with van der Waals surface area (Å²) in [6.07, 6.45) is 2.68. The van der Waals surface area contributed by atoms with Gasteiger partial charge in [0.15, 0.2) is 0 Å². The molecule has 1 aliphatic heterocycles. The first-order valence-corrected chi connectivity index (χ1v) is 11.7. The number of amides is 2. The number of hydrogen-bond acceptors (Lipinski definition) is 4. The van der Waals surface area contributed by atoms with Crippen molar-refractivity contribution in [3.05, 3.63) is 98.4 Å². The Morgan fingerprint density at radius 3 is 2.63 bits per heavy atom. The minimum Gasteiger partial charge on any atom is -0.369 e. The van der Waals surface area contributed by atoms with E-state index in [2.05, 4.69) is 26.2 Å². The van der Waals surface area contributed by atoms with E-state index in [1.807, 2.05) is 24.8 Å². The third-order valence-electron chi connectivity index (χ3n) is 5.96. The zero-order valence-electron chi connectivity index (χ0n) is 19.2. The maximum Gasteiger partial charge on any atom is 0.267 e. The van der Waals surface area contributed by atoms with E-state index in [1.54, 1.807) is 18.2 Å². The van der Waals surface area contributed by atoms with Crippen molar-refractivity contribution >= 4 is 38.6 Å². The number of pyridine rings is 1. The summed E-state index contributed by atoms with van der Waals surface area (Å²) in [6.45, 7) is 4.54. The smallest absolute Gasteiger partial charge is 0.267 e. The van der Waals surface area contributed by atoms with E-state index in [4.69, 9.17) is 5.73 Å². The third-order valence-corrected chi connectivity index (χ3v) is 6.46. The Kier molecular flexibility index (Phi) is 6.98. The number of rotatable bonds is 5. The first-order valence-electron chi connectivity index (χ1n) is 10.9. The van der Waals surface area contributed by atoms with Crippen LogP contribution in [0, 0.1) is 11.6 Å². The number of carbonyl (C=O) groups is 2. The Hall–Kier alpha value is -3.59. The number of nitrogens with one attached hydrogen (secondary N) is 1. The summed E-state index contributed by atoms with van der Waals surface area (Å²) >= 11 is 3.41. The summed E-state index contributed by atoms with van der Waals surface area (Å²) in [6, 6.07) is 10.1. The zero-order chi connectivity index (χ0) is 25.3. The molecule has 0 radical (unpaired) electrons. The maximum absolute atomic E-state index is 14.3. The topological polar surface area (TPSA) is 88.3 Å². The Balaban J connectivity index is 1.72. The molecule has 0 atom stereocenters. The number of nitrogens with zero attached hydrogens (tertiary/aromatic N) is 2. The molecule has 1 aromatic heterocycles. The average Bonchev–Trinajstić information content (AvgIpc) is 2.93. The predicted octanol–water partition coefficient (Wildman–Crippen LogP) is 5.19. The second-order valence-corrected chi connectivity index (χ2v) is 9.24. The number of aromatic nitrogens is 1. The molecule has 3 aromatic rings. The van der Waals surface area contributed by atoms with Crippen molar-refractivity contribution in [1.29, 1.82) is 0 Å². The van der Waals surface area contributed by atoms with Gasteiger partial charge in [-0.2, -0.15) is 0 Å². The van der Waals surface area contributed by atoms with Crippen LogP contribution in [0.25, 0.3) is 10.9 Å². The largest absolute Gasteiger partial charge is 0.369 e. The molecule has 2 heterocycles. The quantitative estimate of drug-likeness (QED) is 0.466.